The number of hydrogen-bond acceptors (Lipinski definition) is 4. The van der Waals surface area contributed by atoms with Crippen molar-refractivity contribution in [3.05, 3.63) is 59.2 Å². The zero-order chi connectivity index (χ0) is 20.5. The monoisotopic (exact) mass is 410 g/mol. The van der Waals surface area contributed by atoms with E-state index in [-0.39, 0.29) is 18.2 Å². The Bertz CT molecular complexity index is 1090. The van der Waals surface area contributed by atoms with Gasteiger partial charge in [0.1, 0.15) is 17.6 Å². The molecular formula is C21H19ClN4O3. The maximum Gasteiger partial charge on any atom is 0.251 e. The van der Waals surface area contributed by atoms with Gasteiger partial charge in [0.15, 0.2) is 0 Å². The molecule has 1 unspecified atom stereocenters. The number of halogens is 1. The lowest BCUT2D eigenvalue weighted by molar-refractivity contribution is -0.123. The first-order valence-corrected chi connectivity index (χ1v) is 9.43. The first kappa shape index (κ1) is 19.0. The molecule has 0 bridgehead atoms. The first-order chi connectivity index (χ1) is 14.0. The molecule has 2 heterocycles. The number of fused-ring (bicyclic) bond motifs is 1. The average molecular weight is 411 g/mol. The molecule has 1 aliphatic heterocycles. The van der Waals surface area contributed by atoms with Crippen molar-refractivity contribution in [2.45, 2.75) is 19.4 Å². The minimum Gasteiger partial charge on any atom is -0.497 e. The highest BCUT2D eigenvalue weighted by Gasteiger charge is 2.35. The van der Waals surface area contributed by atoms with Crippen molar-refractivity contribution in [3.63, 3.8) is 0 Å². The molecule has 1 atom stereocenters. The lowest BCUT2D eigenvalue weighted by atomic mass is 10.1. The molecule has 148 valence electrons. The van der Waals surface area contributed by atoms with E-state index in [0.717, 1.165) is 22.4 Å². The van der Waals surface area contributed by atoms with Crippen molar-refractivity contribution >= 4 is 34.9 Å². The van der Waals surface area contributed by atoms with E-state index in [9.17, 15) is 9.59 Å². The molecule has 2 amide bonds. The highest BCUT2D eigenvalue weighted by molar-refractivity contribution is 6.33. The van der Waals surface area contributed by atoms with Crippen LogP contribution in [-0.2, 0) is 9.59 Å². The van der Waals surface area contributed by atoms with E-state index in [1.54, 1.807) is 30.1 Å². The number of anilines is 2. The van der Waals surface area contributed by atoms with Gasteiger partial charge in [-0.1, -0.05) is 29.8 Å². The molecule has 0 fully saturated rings. The predicted molar refractivity (Wildman–Crippen MR) is 111 cm³/mol. The number of aryl methyl sites for hydroxylation is 1. The van der Waals surface area contributed by atoms with E-state index < -0.39 is 6.04 Å². The molecule has 2 aromatic carbocycles. The van der Waals surface area contributed by atoms with Crippen LogP contribution in [0.1, 0.15) is 18.0 Å². The van der Waals surface area contributed by atoms with Gasteiger partial charge >= 0.3 is 0 Å². The zero-order valence-corrected chi connectivity index (χ0v) is 16.7. The van der Waals surface area contributed by atoms with E-state index in [1.165, 1.54) is 0 Å². The molecule has 0 saturated carbocycles. The number of amides is 2. The van der Waals surface area contributed by atoms with Crippen LogP contribution in [0.25, 0.3) is 11.1 Å². The Morgan fingerprint density at radius 3 is 2.72 bits per heavy atom. The average Bonchev–Trinajstić information content (AvgIpc) is 3.24. The van der Waals surface area contributed by atoms with E-state index in [1.807, 2.05) is 37.3 Å². The van der Waals surface area contributed by atoms with E-state index in [4.69, 9.17) is 16.3 Å². The van der Waals surface area contributed by atoms with Crippen LogP contribution >= 0.6 is 11.6 Å². The fraction of sp³-hybridized carbons (Fsp3) is 0.190. The predicted octanol–water partition coefficient (Wildman–Crippen LogP) is 4.04. The number of benzene rings is 2. The van der Waals surface area contributed by atoms with Crippen LogP contribution in [0.5, 0.6) is 5.75 Å². The van der Waals surface area contributed by atoms with Crippen molar-refractivity contribution in [1.82, 2.24) is 9.78 Å². The third-order valence-corrected chi connectivity index (χ3v) is 5.13. The second-order valence-corrected chi connectivity index (χ2v) is 7.23. The second-order valence-electron chi connectivity index (χ2n) is 6.82. The van der Waals surface area contributed by atoms with Gasteiger partial charge in [0.05, 0.1) is 30.4 Å². The largest absolute Gasteiger partial charge is 0.497 e. The van der Waals surface area contributed by atoms with Crippen molar-refractivity contribution in [1.29, 1.82) is 0 Å². The van der Waals surface area contributed by atoms with Gasteiger partial charge in [0.25, 0.3) is 5.91 Å². The lowest BCUT2D eigenvalue weighted by Gasteiger charge is -2.11. The molecule has 0 aliphatic carbocycles. The number of carbonyl (C=O) groups is 2. The van der Waals surface area contributed by atoms with E-state index in [2.05, 4.69) is 15.7 Å². The number of hydrogen-bond donors (Lipinski definition) is 2. The Labute approximate surface area is 172 Å². The summed E-state index contributed by atoms with van der Waals surface area (Å²) in [5, 5.41) is 10.4. The van der Waals surface area contributed by atoms with Crippen molar-refractivity contribution in [2.75, 3.05) is 17.7 Å². The molecule has 8 heteroatoms. The maximum absolute atomic E-state index is 12.5. The van der Waals surface area contributed by atoms with Gasteiger partial charge in [-0.15, -0.1) is 0 Å². The first-order valence-electron chi connectivity index (χ1n) is 9.05. The molecule has 3 aromatic rings. The quantitative estimate of drug-likeness (QED) is 0.664. The minimum absolute atomic E-state index is 0.0488. The Morgan fingerprint density at radius 2 is 2.03 bits per heavy atom. The van der Waals surface area contributed by atoms with Crippen molar-refractivity contribution < 1.29 is 14.3 Å². The van der Waals surface area contributed by atoms with Crippen LogP contribution in [0.2, 0.25) is 5.02 Å². The van der Waals surface area contributed by atoms with Crippen molar-refractivity contribution in [3.8, 4) is 16.9 Å². The molecule has 4 rings (SSSR count). The number of methoxy groups -OCH3 is 1. The SMILES string of the molecule is COc1ccc(-c2cnn3c2NC(=O)C3CC(=O)Nc2ccc(C)cc2Cl)cc1. The topological polar surface area (TPSA) is 85.2 Å². The number of aromatic nitrogens is 2. The summed E-state index contributed by atoms with van der Waals surface area (Å²) in [4.78, 5) is 25.0. The van der Waals surface area contributed by atoms with Gasteiger partial charge in [-0.3, -0.25) is 9.59 Å². The number of nitrogens with one attached hydrogen (secondary N) is 2. The van der Waals surface area contributed by atoms with Gasteiger partial charge in [-0.05, 0) is 42.3 Å². The Morgan fingerprint density at radius 1 is 1.28 bits per heavy atom. The summed E-state index contributed by atoms with van der Waals surface area (Å²) in [6.07, 6.45) is 1.63. The smallest absolute Gasteiger partial charge is 0.251 e. The van der Waals surface area contributed by atoms with E-state index >= 15 is 0 Å². The molecule has 7 nitrogen and oxygen atoms in total. The van der Waals surface area contributed by atoms with Crippen LogP contribution in [0.4, 0.5) is 11.5 Å². The number of nitrogens with zero attached hydrogens (tertiary/aromatic N) is 2. The third-order valence-electron chi connectivity index (χ3n) is 4.81. The summed E-state index contributed by atoms with van der Waals surface area (Å²) >= 11 is 6.17. The summed E-state index contributed by atoms with van der Waals surface area (Å²) in [6, 6.07) is 12.1. The number of carbonyl (C=O) groups excluding carboxylic acids is 2. The summed E-state index contributed by atoms with van der Waals surface area (Å²) in [5.41, 5.74) is 3.19. The fourth-order valence-electron chi connectivity index (χ4n) is 3.29. The van der Waals surface area contributed by atoms with E-state index in [0.29, 0.717) is 16.5 Å². The second kappa shape index (κ2) is 7.60. The Hall–Kier alpha value is -3.32. The van der Waals surface area contributed by atoms with Gasteiger partial charge in [0, 0.05) is 5.56 Å². The van der Waals surface area contributed by atoms with Crippen LogP contribution < -0.4 is 15.4 Å². The number of ether oxygens (including phenoxy) is 1. The summed E-state index contributed by atoms with van der Waals surface area (Å²) in [7, 11) is 1.60. The highest BCUT2D eigenvalue weighted by Crippen LogP contribution is 2.36. The molecule has 0 spiro atoms. The van der Waals surface area contributed by atoms with Gasteiger partial charge in [-0.2, -0.15) is 5.10 Å². The molecule has 1 aliphatic rings. The zero-order valence-electron chi connectivity index (χ0n) is 15.9. The van der Waals surface area contributed by atoms with Crippen LogP contribution in [0, 0.1) is 6.92 Å². The van der Waals surface area contributed by atoms with Crippen LogP contribution in [0.3, 0.4) is 0 Å². The Kier molecular flexibility index (Phi) is 4.98. The Balaban J connectivity index is 1.53. The van der Waals surface area contributed by atoms with Crippen LogP contribution in [0.15, 0.2) is 48.7 Å². The van der Waals surface area contributed by atoms with Gasteiger partial charge in [-0.25, -0.2) is 4.68 Å². The molecular weight excluding hydrogens is 392 g/mol. The van der Waals surface area contributed by atoms with Crippen molar-refractivity contribution in [2.24, 2.45) is 0 Å². The number of rotatable bonds is 5. The van der Waals surface area contributed by atoms with Crippen LogP contribution in [-0.4, -0.2) is 28.7 Å². The molecule has 1 aromatic heterocycles. The molecule has 2 N–H and O–H groups in total. The highest BCUT2D eigenvalue weighted by atomic mass is 35.5. The molecule has 29 heavy (non-hydrogen) atoms. The third kappa shape index (κ3) is 3.69. The normalized spacial score (nSPS) is 15.0. The fourth-order valence-corrected chi connectivity index (χ4v) is 3.58. The molecule has 0 saturated heterocycles. The summed E-state index contributed by atoms with van der Waals surface area (Å²) in [6.45, 7) is 1.92. The van der Waals surface area contributed by atoms with Gasteiger partial charge < -0.3 is 15.4 Å². The standard InChI is InChI=1S/C21H19ClN4O3/c1-12-3-8-17(16(22)9-12)24-19(27)10-18-21(28)25-20-15(11-23-26(18)20)13-4-6-14(29-2)7-5-13/h3-9,11,18H,10H2,1-2H3,(H,24,27)(H,25,28). The minimum atomic E-state index is -0.721. The summed E-state index contributed by atoms with van der Waals surface area (Å²) in [5.74, 6) is 0.732. The summed E-state index contributed by atoms with van der Waals surface area (Å²) < 4.78 is 6.73. The van der Waals surface area contributed by atoms with Gasteiger partial charge in [0.2, 0.25) is 5.91 Å². The lowest BCUT2D eigenvalue weighted by Crippen LogP contribution is -2.23. The maximum atomic E-state index is 12.5. The molecule has 0 radical (unpaired) electrons.